The van der Waals surface area contributed by atoms with Crippen molar-refractivity contribution in [3.8, 4) is 5.75 Å². The topological polar surface area (TPSA) is 140 Å². The first-order valence-electron chi connectivity index (χ1n) is 10.3. The molecule has 2 aromatic rings. The van der Waals surface area contributed by atoms with Crippen LogP contribution in [0.15, 0.2) is 42.5 Å². The quantitative estimate of drug-likeness (QED) is 0.234. The van der Waals surface area contributed by atoms with Gasteiger partial charge in [-0.05, 0) is 24.8 Å². The summed E-state index contributed by atoms with van der Waals surface area (Å²) >= 11 is 0. The van der Waals surface area contributed by atoms with Crippen LogP contribution in [0.2, 0.25) is 0 Å². The van der Waals surface area contributed by atoms with E-state index in [1.54, 1.807) is 11.8 Å². The molecular weight excluding hydrogens is 382 g/mol. The number of aliphatic hydroxyl groups is 1. The fraction of sp³-hybridized carbons (Fsp3) is 0.500. The van der Waals surface area contributed by atoms with Crippen LogP contribution in [-0.2, 0) is 4.79 Å². The third-order valence-corrected chi connectivity index (χ3v) is 4.75. The summed E-state index contributed by atoms with van der Waals surface area (Å²) in [5, 5.41) is 15.4. The number of nitrogens with one attached hydrogen (secondary N) is 1. The summed E-state index contributed by atoms with van der Waals surface area (Å²) in [6.07, 6.45) is 0.119. The number of nitrogens with zero attached hydrogens (tertiary/aromatic N) is 1. The van der Waals surface area contributed by atoms with E-state index in [0.29, 0.717) is 45.6 Å². The van der Waals surface area contributed by atoms with E-state index in [2.05, 4.69) is 5.32 Å². The minimum absolute atomic E-state index is 0.0151. The van der Waals surface area contributed by atoms with Crippen LogP contribution in [0.5, 0.6) is 5.75 Å². The van der Waals surface area contributed by atoms with Crippen LogP contribution in [0.25, 0.3) is 10.8 Å². The fourth-order valence-electron chi connectivity index (χ4n) is 3.08. The van der Waals surface area contributed by atoms with Gasteiger partial charge in [0.2, 0.25) is 5.91 Å². The molecule has 0 heterocycles. The molecule has 8 N–H and O–H groups in total. The predicted molar refractivity (Wildman–Crippen MR) is 120 cm³/mol. The Labute approximate surface area is 178 Å². The highest BCUT2D eigenvalue weighted by Crippen LogP contribution is 2.25. The SMILES string of the molecule is CC(N)(N)CCN(CCN)C(=O)CCNC[C@H](O)COc1cccc2ccccc12. The molecule has 166 valence electrons. The maximum atomic E-state index is 12.4. The van der Waals surface area contributed by atoms with E-state index in [9.17, 15) is 9.90 Å². The van der Waals surface area contributed by atoms with Crippen LogP contribution >= 0.6 is 0 Å². The van der Waals surface area contributed by atoms with Crippen LogP contribution in [-0.4, -0.2) is 67.0 Å². The van der Waals surface area contributed by atoms with Crippen molar-refractivity contribution in [3.05, 3.63) is 42.5 Å². The van der Waals surface area contributed by atoms with E-state index in [1.807, 2.05) is 42.5 Å². The molecule has 1 amide bonds. The molecule has 8 heteroatoms. The van der Waals surface area contributed by atoms with Gasteiger partial charge in [-0.1, -0.05) is 36.4 Å². The number of rotatable bonds is 13. The monoisotopic (exact) mass is 417 g/mol. The number of benzene rings is 2. The molecule has 0 aromatic heterocycles. The smallest absolute Gasteiger partial charge is 0.223 e. The molecule has 0 aliphatic rings. The Morgan fingerprint density at radius 1 is 1.20 bits per heavy atom. The Morgan fingerprint density at radius 3 is 2.67 bits per heavy atom. The standard InChI is InChI=1S/C22H35N5O3/c1-22(24,25)10-13-27(14-11-23)21(29)9-12-26-15-18(28)16-30-20-8-4-6-17-5-2-3-7-19(17)20/h2-8,18,26,28H,9-16,23-25H2,1H3/t18-/m0/s1. The molecule has 8 nitrogen and oxygen atoms in total. The zero-order chi connectivity index (χ0) is 22.0. The summed E-state index contributed by atoms with van der Waals surface area (Å²) in [7, 11) is 0. The summed E-state index contributed by atoms with van der Waals surface area (Å²) in [6.45, 7) is 4.00. The van der Waals surface area contributed by atoms with E-state index in [1.165, 1.54) is 0 Å². The molecule has 0 radical (unpaired) electrons. The molecule has 2 aromatic carbocycles. The second-order valence-corrected chi connectivity index (χ2v) is 7.82. The first kappa shape index (κ1) is 24.0. The van der Waals surface area contributed by atoms with E-state index < -0.39 is 11.8 Å². The second kappa shape index (κ2) is 11.8. The second-order valence-electron chi connectivity index (χ2n) is 7.82. The van der Waals surface area contributed by atoms with E-state index in [0.717, 1.165) is 16.5 Å². The van der Waals surface area contributed by atoms with Gasteiger partial charge in [0.15, 0.2) is 0 Å². The number of fused-ring (bicyclic) bond motifs is 1. The maximum absolute atomic E-state index is 12.4. The first-order valence-corrected chi connectivity index (χ1v) is 10.3. The van der Waals surface area contributed by atoms with Gasteiger partial charge in [-0.2, -0.15) is 0 Å². The van der Waals surface area contributed by atoms with Gasteiger partial charge in [-0.25, -0.2) is 0 Å². The molecule has 0 bridgehead atoms. The van der Waals surface area contributed by atoms with E-state index in [4.69, 9.17) is 21.9 Å². The van der Waals surface area contributed by atoms with Crippen molar-refractivity contribution in [2.75, 3.05) is 39.3 Å². The number of carbonyl (C=O) groups excluding carboxylic acids is 1. The lowest BCUT2D eigenvalue weighted by atomic mass is 10.1. The summed E-state index contributed by atoms with van der Waals surface area (Å²) < 4.78 is 5.79. The summed E-state index contributed by atoms with van der Waals surface area (Å²) in [5.41, 5.74) is 16.4. The highest BCUT2D eigenvalue weighted by Gasteiger charge is 2.17. The van der Waals surface area contributed by atoms with Crippen molar-refractivity contribution in [1.82, 2.24) is 10.2 Å². The molecule has 0 saturated carbocycles. The highest BCUT2D eigenvalue weighted by atomic mass is 16.5. The lowest BCUT2D eigenvalue weighted by Gasteiger charge is -2.26. The van der Waals surface area contributed by atoms with Gasteiger partial charge in [0.05, 0.1) is 5.66 Å². The molecule has 0 spiro atoms. The van der Waals surface area contributed by atoms with Gasteiger partial charge in [-0.3, -0.25) is 4.79 Å². The van der Waals surface area contributed by atoms with Crippen molar-refractivity contribution in [2.45, 2.75) is 31.5 Å². The van der Waals surface area contributed by atoms with Gasteiger partial charge < -0.3 is 37.3 Å². The lowest BCUT2D eigenvalue weighted by Crippen LogP contribution is -2.49. The molecule has 0 saturated heterocycles. The van der Waals surface area contributed by atoms with Crippen molar-refractivity contribution in [3.63, 3.8) is 0 Å². The van der Waals surface area contributed by atoms with Crippen molar-refractivity contribution < 1.29 is 14.6 Å². The molecule has 0 fully saturated rings. The number of hydrogen-bond donors (Lipinski definition) is 5. The van der Waals surface area contributed by atoms with E-state index >= 15 is 0 Å². The lowest BCUT2D eigenvalue weighted by molar-refractivity contribution is -0.131. The van der Waals surface area contributed by atoms with Crippen molar-refractivity contribution in [1.29, 1.82) is 0 Å². The highest BCUT2D eigenvalue weighted by molar-refractivity contribution is 5.88. The largest absolute Gasteiger partial charge is 0.490 e. The average Bonchev–Trinajstić information content (AvgIpc) is 2.71. The molecule has 1 atom stereocenters. The number of hydrogen-bond acceptors (Lipinski definition) is 7. The summed E-state index contributed by atoms with van der Waals surface area (Å²) in [4.78, 5) is 14.1. The van der Waals surface area contributed by atoms with Gasteiger partial charge in [-0.15, -0.1) is 0 Å². The Morgan fingerprint density at radius 2 is 1.93 bits per heavy atom. The number of ether oxygens (including phenoxy) is 1. The van der Waals surface area contributed by atoms with Gasteiger partial charge in [0.25, 0.3) is 0 Å². The zero-order valence-corrected chi connectivity index (χ0v) is 17.7. The summed E-state index contributed by atoms with van der Waals surface area (Å²) in [5.74, 6) is 0.727. The Balaban J connectivity index is 1.70. The number of aliphatic hydroxyl groups excluding tert-OH is 1. The number of nitrogens with two attached hydrogens (primary N) is 3. The van der Waals surface area contributed by atoms with Gasteiger partial charge in [0.1, 0.15) is 18.5 Å². The maximum Gasteiger partial charge on any atom is 0.223 e. The first-order chi connectivity index (χ1) is 14.3. The van der Waals surface area contributed by atoms with Crippen LogP contribution < -0.4 is 27.3 Å². The Kier molecular flexibility index (Phi) is 9.48. The molecule has 0 unspecified atom stereocenters. The predicted octanol–water partition coefficient (Wildman–Crippen LogP) is 0.370. The molecular formula is C22H35N5O3. The normalized spacial score (nSPS) is 12.7. The zero-order valence-electron chi connectivity index (χ0n) is 17.7. The molecule has 0 aliphatic carbocycles. The number of carbonyl (C=O) groups is 1. The van der Waals surface area contributed by atoms with Crippen molar-refractivity contribution in [2.24, 2.45) is 17.2 Å². The van der Waals surface area contributed by atoms with Crippen LogP contribution in [0.1, 0.15) is 19.8 Å². The minimum atomic E-state index is -0.820. The van der Waals surface area contributed by atoms with Crippen LogP contribution in [0.4, 0.5) is 0 Å². The fourth-order valence-corrected chi connectivity index (χ4v) is 3.08. The van der Waals surface area contributed by atoms with Crippen LogP contribution in [0.3, 0.4) is 0 Å². The average molecular weight is 418 g/mol. The molecule has 30 heavy (non-hydrogen) atoms. The third kappa shape index (κ3) is 8.25. The van der Waals surface area contributed by atoms with Crippen molar-refractivity contribution >= 4 is 16.7 Å². The van der Waals surface area contributed by atoms with Gasteiger partial charge in [0, 0.05) is 44.5 Å². The van der Waals surface area contributed by atoms with Crippen LogP contribution in [0, 0.1) is 0 Å². The molecule has 0 aliphatic heterocycles. The molecule has 2 rings (SSSR count). The Bertz CT molecular complexity index is 788. The Hall–Kier alpha value is -2.23. The third-order valence-electron chi connectivity index (χ3n) is 4.75. The van der Waals surface area contributed by atoms with Gasteiger partial charge >= 0.3 is 0 Å². The minimum Gasteiger partial charge on any atom is -0.490 e. The van der Waals surface area contributed by atoms with E-state index in [-0.39, 0.29) is 12.5 Å². The summed E-state index contributed by atoms with van der Waals surface area (Å²) in [6, 6.07) is 13.8. The number of amides is 1.